The Bertz CT molecular complexity index is 411. The lowest BCUT2D eigenvalue weighted by atomic mass is 10.0. The quantitative estimate of drug-likeness (QED) is 0.929. The summed E-state index contributed by atoms with van der Waals surface area (Å²) in [5.41, 5.74) is 2.13. The standard InChI is InChI=1S/C14H21BrN2O/c1-16-7-3-4-13(9-16)17(2)14-6-5-12(15)8-11(14)10-18/h5-6,8,13,18H,3-4,7,9-10H2,1-2H3. The molecule has 1 unspecified atom stereocenters. The van der Waals surface area contributed by atoms with E-state index in [-0.39, 0.29) is 6.61 Å². The number of anilines is 1. The molecule has 2 rings (SSSR count). The molecule has 3 nitrogen and oxygen atoms in total. The third kappa shape index (κ3) is 3.05. The lowest BCUT2D eigenvalue weighted by Gasteiger charge is -2.37. The number of piperidine rings is 1. The number of hydrogen-bond donors (Lipinski definition) is 1. The first-order valence-corrected chi connectivity index (χ1v) is 7.21. The highest BCUT2D eigenvalue weighted by molar-refractivity contribution is 9.10. The summed E-state index contributed by atoms with van der Waals surface area (Å²) in [5.74, 6) is 0. The average molecular weight is 313 g/mol. The third-order valence-corrected chi connectivity index (χ3v) is 4.23. The summed E-state index contributed by atoms with van der Waals surface area (Å²) in [6, 6.07) is 6.66. The number of benzene rings is 1. The summed E-state index contributed by atoms with van der Waals surface area (Å²) in [6.45, 7) is 2.37. The molecule has 1 aliphatic rings. The number of likely N-dealkylation sites (tertiary alicyclic amines) is 1. The van der Waals surface area contributed by atoms with Gasteiger partial charge < -0.3 is 14.9 Å². The van der Waals surface area contributed by atoms with Gasteiger partial charge in [-0.1, -0.05) is 15.9 Å². The van der Waals surface area contributed by atoms with Gasteiger partial charge in [-0.2, -0.15) is 0 Å². The van der Waals surface area contributed by atoms with Crippen LogP contribution in [0.2, 0.25) is 0 Å². The first-order chi connectivity index (χ1) is 8.61. The number of likely N-dealkylation sites (N-methyl/N-ethyl adjacent to an activating group) is 2. The molecule has 1 aliphatic heterocycles. The van der Waals surface area contributed by atoms with Crippen molar-refractivity contribution in [2.24, 2.45) is 0 Å². The molecule has 0 aromatic heterocycles. The molecule has 1 atom stereocenters. The van der Waals surface area contributed by atoms with Crippen LogP contribution >= 0.6 is 15.9 Å². The van der Waals surface area contributed by atoms with Crippen LogP contribution in [0.1, 0.15) is 18.4 Å². The molecule has 0 saturated carbocycles. The summed E-state index contributed by atoms with van der Waals surface area (Å²) >= 11 is 3.45. The van der Waals surface area contributed by atoms with Crippen molar-refractivity contribution < 1.29 is 5.11 Å². The van der Waals surface area contributed by atoms with E-state index in [0.29, 0.717) is 6.04 Å². The smallest absolute Gasteiger partial charge is 0.0702 e. The minimum atomic E-state index is 0.0850. The Labute approximate surface area is 118 Å². The Morgan fingerprint density at radius 1 is 1.50 bits per heavy atom. The SMILES string of the molecule is CN1CCCC(N(C)c2ccc(Br)cc2CO)C1. The largest absolute Gasteiger partial charge is 0.392 e. The van der Waals surface area contributed by atoms with Crippen molar-refractivity contribution in [2.45, 2.75) is 25.5 Å². The summed E-state index contributed by atoms with van der Waals surface area (Å²) < 4.78 is 1.02. The first kappa shape index (κ1) is 13.8. The van der Waals surface area contributed by atoms with E-state index in [0.717, 1.165) is 22.3 Å². The van der Waals surface area contributed by atoms with Crippen molar-refractivity contribution >= 4 is 21.6 Å². The van der Waals surface area contributed by atoms with Gasteiger partial charge in [0.25, 0.3) is 0 Å². The van der Waals surface area contributed by atoms with Gasteiger partial charge >= 0.3 is 0 Å². The summed E-state index contributed by atoms with van der Waals surface area (Å²) in [6.07, 6.45) is 2.47. The van der Waals surface area contributed by atoms with Crippen molar-refractivity contribution in [1.29, 1.82) is 0 Å². The lowest BCUT2D eigenvalue weighted by Crippen LogP contribution is -2.45. The van der Waals surface area contributed by atoms with Gasteiger partial charge in [-0.3, -0.25) is 0 Å². The second-order valence-corrected chi connectivity index (χ2v) is 6.02. The minimum absolute atomic E-state index is 0.0850. The maximum Gasteiger partial charge on any atom is 0.0702 e. The molecule has 1 N–H and O–H groups in total. The van der Waals surface area contributed by atoms with E-state index in [1.54, 1.807) is 0 Å². The van der Waals surface area contributed by atoms with Gasteiger partial charge in [-0.25, -0.2) is 0 Å². The predicted octanol–water partition coefficient (Wildman–Crippen LogP) is 2.47. The van der Waals surface area contributed by atoms with Crippen molar-refractivity contribution in [3.8, 4) is 0 Å². The number of halogens is 1. The van der Waals surface area contributed by atoms with Gasteiger partial charge in [0.15, 0.2) is 0 Å². The van der Waals surface area contributed by atoms with Crippen LogP contribution in [0.15, 0.2) is 22.7 Å². The molecular weight excluding hydrogens is 292 g/mol. The Hall–Kier alpha value is -0.580. The van der Waals surface area contributed by atoms with Crippen molar-refractivity contribution in [2.75, 3.05) is 32.1 Å². The normalized spacial score (nSPS) is 21.0. The molecule has 100 valence electrons. The van der Waals surface area contributed by atoms with Crippen LogP contribution < -0.4 is 4.90 Å². The highest BCUT2D eigenvalue weighted by atomic mass is 79.9. The van der Waals surface area contributed by atoms with Gasteiger partial charge in [-0.05, 0) is 44.6 Å². The fraction of sp³-hybridized carbons (Fsp3) is 0.571. The number of hydrogen-bond acceptors (Lipinski definition) is 3. The van der Waals surface area contributed by atoms with Gasteiger partial charge in [0.2, 0.25) is 0 Å². The van der Waals surface area contributed by atoms with E-state index in [2.05, 4.69) is 45.9 Å². The van der Waals surface area contributed by atoms with E-state index >= 15 is 0 Å². The Kier molecular flexibility index (Phi) is 4.65. The van der Waals surface area contributed by atoms with Gasteiger partial charge in [-0.15, -0.1) is 0 Å². The van der Waals surface area contributed by atoms with Crippen molar-refractivity contribution in [3.05, 3.63) is 28.2 Å². The topological polar surface area (TPSA) is 26.7 Å². The summed E-state index contributed by atoms with van der Waals surface area (Å²) in [5, 5.41) is 9.48. The molecule has 1 heterocycles. The second-order valence-electron chi connectivity index (χ2n) is 5.10. The van der Waals surface area contributed by atoms with Crippen molar-refractivity contribution in [1.82, 2.24) is 4.90 Å². The van der Waals surface area contributed by atoms with Gasteiger partial charge in [0, 0.05) is 35.4 Å². The van der Waals surface area contributed by atoms with E-state index in [1.165, 1.54) is 19.4 Å². The Morgan fingerprint density at radius 2 is 2.28 bits per heavy atom. The zero-order chi connectivity index (χ0) is 13.1. The van der Waals surface area contributed by atoms with Crippen LogP contribution in [0.5, 0.6) is 0 Å². The van der Waals surface area contributed by atoms with E-state index in [9.17, 15) is 5.11 Å². The van der Waals surface area contributed by atoms with Crippen LogP contribution in [0.25, 0.3) is 0 Å². The second kappa shape index (κ2) is 6.04. The molecule has 0 aliphatic carbocycles. The highest BCUT2D eigenvalue weighted by Crippen LogP contribution is 2.27. The molecule has 4 heteroatoms. The maximum atomic E-state index is 9.48. The molecule has 0 radical (unpaired) electrons. The van der Waals surface area contributed by atoms with Crippen molar-refractivity contribution in [3.63, 3.8) is 0 Å². The molecule has 1 fully saturated rings. The fourth-order valence-corrected chi connectivity index (χ4v) is 3.09. The van der Waals surface area contributed by atoms with E-state index in [4.69, 9.17) is 0 Å². The van der Waals surface area contributed by atoms with E-state index < -0.39 is 0 Å². The third-order valence-electron chi connectivity index (χ3n) is 3.74. The average Bonchev–Trinajstić information content (AvgIpc) is 2.37. The first-order valence-electron chi connectivity index (χ1n) is 6.42. The molecule has 1 aromatic rings. The van der Waals surface area contributed by atoms with E-state index in [1.807, 2.05) is 12.1 Å². The lowest BCUT2D eigenvalue weighted by molar-refractivity contribution is 0.246. The fourth-order valence-electron chi connectivity index (χ4n) is 2.68. The molecule has 0 amide bonds. The number of aliphatic hydroxyl groups is 1. The highest BCUT2D eigenvalue weighted by Gasteiger charge is 2.22. The summed E-state index contributed by atoms with van der Waals surface area (Å²) in [7, 11) is 4.31. The molecule has 0 bridgehead atoms. The van der Waals surface area contributed by atoms with Gasteiger partial charge in [0.05, 0.1) is 6.61 Å². The van der Waals surface area contributed by atoms with Crippen LogP contribution in [0.4, 0.5) is 5.69 Å². The van der Waals surface area contributed by atoms with Gasteiger partial charge in [0.1, 0.15) is 0 Å². The Morgan fingerprint density at radius 3 is 2.94 bits per heavy atom. The monoisotopic (exact) mass is 312 g/mol. The Balaban J connectivity index is 2.19. The van der Waals surface area contributed by atoms with Crippen LogP contribution in [0.3, 0.4) is 0 Å². The zero-order valence-electron chi connectivity index (χ0n) is 11.1. The molecule has 1 saturated heterocycles. The molecular formula is C14H21BrN2O. The maximum absolute atomic E-state index is 9.48. The van der Waals surface area contributed by atoms with Crippen LogP contribution in [0, 0.1) is 0 Å². The zero-order valence-corrected chi connectivity index (χ0v) is 12.7. The molecule has 1 aromatic carbocycles. The number of aliphatic hydroxyl groups excluding tert-OH is 1. The predicted molar refractivity (Wildman–Crippen MR) is 79.0 cm³/mol. The minimum Gasteiger partial charge on any atom is -0.392 e. The van der Waals surface area contributed by atoms with Crippen LogP contribution in [-0.4, -0.2) is 43.2 Å². The van der Waals surface area contributed by atoms with Crippen LogP contribution in [-0.2, 0) is 6.61 Å². The molecule has 18 heavy (non-hydrogen) atoms. The number of rotatable bonds is 3. The summed E-state index contributed by atoms with van der Waals surface area (Å²) in [4.78, 5) is 4.69. The number of nitrogens with zero attached hydrogens (tertiary/aromatic N) is 2. The molecule has 0 spiro atoms.